The van der Waals surface area contributed by atoms with Gasteiger partial charge in [0.1, 0.15) is 16.8 Å². The molecule has 6 nitrogen and oxygen atoms in total. The van der Waals surface area contributed by atoms with Crippen molar-refractivity contribution >= 4 is 22.6 Å². The first kappa shape index (κ1) is 20.6. The molecule has 0 saturated heterocycles. The molecule has 1 heterocycles. The van der Waals surface area contributed by atoms with E-state index in [1.807, 2.05) is 63.2 Å². The topological polar surface area (TPSA) is 69.0 Å². The third-order valence-corrected chi connectivity index (χ3v) is 5.49. The molecule has 0 radical (unpaired) electrons. The molecule has 1 N–H and O–H groups in total. The number of nitrogens with one attached hydrogen (secondary N) is 1. The first-order valence-corrected chi connectivity index (χ1v) is 10.4. The molecule has 4 aromatic rings. The quantitative estimate of drug-likeness (QED) is 0.486. The van der Waals surface area contributed by atoms with E-state index in [4.69, 9.17) is 4.74 Å². The molecule has 0 saturated carbocycles. The van der Waals surface area contributed by atoms with Crippen LogP contribution in [-0.2, 0) is 11.2 Å². The molecule has 0 aliphatic heterocycles. The number of benzene rings is 3. The lowest BCUT2D eigenvalue weighted by molar-refractivity contribution is -0.118. The third-order valence-electron chi connectivity index (χ3n) is 5.49. The molecule has 31 heavy (non-hydrogen) atoms. The van der Waals surface area contributed by atoms with Crippen LogP contribution in [0.15, 0.2) is 54.6 Å². The van der Waals surface area contributed by atoms with E-state index in [2.05, 4.69) is 34.6 Å². The SMILES string of the molecule is CCc1ccc(-n2nc3cc(C)c(NC(=O)COc4cccc(C)c4C)cc3n2)cc1. The van der Waals surface area contributed by atoms with Crippen LogP contribution in [0.1, 0.15) is 29.2 Å². The van der Waals surface area contributed by atoms with Crippen molar-refractivity contribution in [1.29, 1.82) is 0 Å². The van der Waals surface area contributed by atoms with Crippen LogP contribution in [0.5, 0.6) is 5.75 Å². The van der Waals surface area contributed by atoms with Crippen molar-refractivity contribution in [2.24, 2.45) is 0 Å². The molecule has 1 aromatic heterocycles. The molecular weight excluding hydrogens is 388 g/mol. The number of amides is 1. The lowest BCUT2D eigenvalue weighted by atomic mass is 10.1. The fourth-order valence-electron chi connectivity index (χ4n) is 3.39. The highest BCUT2D eigenvalue weighted by molar-refractivity contribution is 5.95. The van der Waals surface area contributed by atoms with Gasteiger partial charge < -0.3 is 10.1 Å². The average Bonchev–Trinajstić information content (AvgIpc) is 3.17. The summed E-state index contributed by atoms with van der Waals surface area (Å²) >= 11 is 0. The Hall–Kier alpha value is -3.67. The number of ether oxygens (including phenoxy) is 1. The zero-order chi connectivity index (χ0) is 22.0. The van der Waals surface area contributed by atoms with Crippen LogP contribution in [0.2, 0.25) is 0 Å². The van der Waals surface area contributed by atoms with Crippen LogP contribution in [0, 0.1) is 20.8 Å². The Morgan fingerprint density at radius 3 is 2.39 bits per heavy atom. The highest BCUT2D eigenvalue weighted by Crippen LogP contribution is 2.23. The fourth-order valence-corrected chi connectivity index (χ4v) is 3.39. The van der Waals surface area contributed by atoms with Crippen molar-refractivity contribution in [2.45, 2.75) is 34.1 Å². The Kier molecular flexibility index (Phi) is 5.71. The van der Waals surface area contributed by atoms with E-state index in [-0.39, 0.29) is 12.5 Å². The molecule has 0 aliphatic carbocycles. The minimum absolute atomic E-state index is 0.0573. The van der Waals surface area contributed by atoms with E-state index in [0.29, 0.717) is 5.69 Å². The maximum atomic E-state index is 12.5. The molecule has 0 aliphatic rings. The van der Waals surface area contributed by atoms with Crippen LogP contribution in [0.3, 0.4) is 0 Å². The maximum Gasteiger partial charge on any atom is 0.262 e. The van der Waals surface area contributed by atoms with Gasteiger partial charge in [0, 0.05) is 5.69 Å². The molecule has 0 fully saturated rings. The number of carbonyl (C=O) groups is 1. The Bertz CT molecular complexity index is 1240. The monoisotopic (exact) mass is 414 g/mol. The van der Waals surface area contributed by atoms with Crippen LogP contribution in [0.25, 0.3) is 16.7 Å². The molecule has 3 aromatic carbocycles. The Morgan fingerprint density at radius 1 is 0.968 bits per heavy atom. The summed E-state index contributed by atoms with van der Waals surface area (Å²) in [4.78, 5) is 14.1. The molecular formula is C25H26N4O2. The number of aromatic nitrogens is 3. The van der Waals surface area contributed by atoms with Gasteiger partial charge in [0.25, 0.3) is 5.91 Å². The summed E-state index contributed by atoms with van der Waals surface area (Å²) in [7, 11) is 0. The predicted molar refractivity (Wildman–Crippen MR) is 123 cm³/mol. The zero-order valence-electron chi connectivity index (χ0n) is 18.3. The van der Waals surface area contributed by atoms with Crippen molar-refractivity contribution in [2.75, 3.05) is 11.9 Å². The molecule has 1 amide bonds. The largest absolute Gasteiger partial charge is 0.483 e. The van der Waals surface area contributed by atoms with Crippen LogP contribution in [0.4, 0.5) is 5.69 Å². The number of hydrogen-bond donors (Lipinski definition) is 1. The lowest BCUT2D eigenvalue weighted by Gasteiger charge is -2.12. The molecule has 0 unspecified atom stereocenters. The van der Waals surface area contributed by atoms with Gasteiger partial charge in [0.15, 0.2) is 6.61 Å². The first-order valence-electron chi connectivity index (χ1n) is 10.4. The van der Waals surface area contributed by atoms with E-state index in [9.17, 15) is 4.79 Å². The van der Waals surface area contributed by atoms with Crippen molar-refractivity contribution in [1.82, 2.24) is 15.0 Å². The Balaban J connectivity index is 1.50. The first-order chi connectivity index (χ1) is 14.9. The summed E-state index contributed by atoms with van der Waals surface area (Å²) in [5, 5.41) is 12.1. The van der Waals surface area contributed by atoms with Crippen molar-refractivity contribution < 1.29 is 9.53 Å². The molecule has 4 rings (SSSR count). The number of hydrogen-bond acceptors (Lipinski definition) is 4. The van der Waals surface area contributed by atoms with Crippen molar-refractivity contribution in [3.63, 3.8) is 0 Å². The number of rotatable bonds is 6. The van der Waals surface area contributed by atoms with Crippen LogP contribution >= 0.6 is 0 Å². The van der Waals surface area contributed by atoms with Gasteiger partial charge >= 0.3 is 0 Å². The van der Waals surface area contributed by atoms with Gasteiger partial charge in [-0.15, -0.1) is 10.2 Å². The molecule has 0 spiro atoms. The summed E-state index contributed by atoms with van der Waals surface area (Å²) in [6.45, 7) is 8.01. The van der Waals surface area contributed by atoms with Gasteiger partial charge in [-0.25, -0.2) is 0 Å². The van der Waals surface area contributed by atoms with Gasteiger partial charge in [0.2, 0.25) is 0 Å². The second kappa shape index (κ2) is 8.60. The van der Waals surface area contributed by atoms with E-state index in [1.165, 1.54) is 5.56 Å². The second-order valence-electron chi connectivity index (χ2n) is 7.70. The van der Waals surface area contributed by atoms with Crippen molar-refractivity contribution in [3.05, 3.63) is 76.9 Å². The maximum absolute atomic E-state index is 12.5. The lowest BCUT2D eigenvalue weighted by Crippen LogP contribution is -2.21. The zero-order valence-corrected chi connectivity index (χ0v) is 18.3. The van der Waals surface area contributed by atoms with E-state index < -0.39 is 0 Å². The number of fused-ring (bicyclic) bond motifs is 1. The Morgan fingerprint density at radius 2 is 1.68 bits per heavy atom. The van der Waals surface area contributed by atoms with Gasteiger partial charge in [-0.3, -0.25) is 4.79 Å². The summed E-state index contributed by atoms with van der Waals surface area (Å²) < 4.78 is 5.72. The molecule has 158 valence electrons. The van der Waals surface area contributed by atoms with Gasteiger partial charge in [-0.2, -0.15) is 4.80 Å². The predicted octanol–water partition coefficient (Wildman–Crippen LogP) is 4.93. The number of nitrogens with zero attached hydrogens (tertiary/aromatic N) is 3. The van der Waals surface area contributed by atoms with E-state index in [0.717, 1.165) is 45.6 Å². The van der Waals surface area contributed by atoms with Gasteiger partial charge in [-0.05, 0) is 79.8 Å². The minimum Gasteiger partial charge on any atom is -0.483 e. The number of carbonyl (C=O) groups excluding carboxylic acids is 1. The fraction of sp³-hybridized carbons (Fsp3) is 0.240. The standard InChI is InChI=1S/C25H26N4O2/c1-5-19-9-11-20(12-10-19)29-27-22-13-17(3)21(14-23(22)28-29)26-25(30)15-31-24-8-6-7-16(2)18(24)4/h6-14H,5,15H2,1-4H3,(H,26,30). The van der Waals surface area contributed by atoms with E-state index >= 15 is 0 Å². The molecule has 6 heteroatoms. The smallest absolute Gasteiger partial charge is 0.262 e. The number of aryl methyl sites for hydroxylation is 3. The summed E-state index contributed by atoms with van der Waals surface area (Å²) in [5.41, 5.74) is 7.46. The van der Waals surface area contributed by atoms with Gasteiger partial charge in [-0.1, -0.05) is 31.2 Å². The van der Waals surface area contributed by atoms with Crippen molar-refractivity contribution in [3.8, 4) is 11.4 Å². The Labute approximate surface area is 181 Å². The summed E-state index contributed by atoms with van der Waals surface area (Å²) in [5.74, 6) is 0.505. The molecule has 0 atom stereocenters. The average molecular weight is 415 g/mol. The highest BCUT2D eigenvalue weighted by atomic mass is 16.5. The summed E-state index contributed by atoms with van der Waals surface area (Å²) in [6.07, 6.45) is 0.990. The number of anilines is 1. The van der Waals surface area contributed by atoms with E-state index in [1.54, 1.807) is 4.80 Å². The van der Waals surface area contributed by atoms with Crippen LogP contribution < -0.4 is 10.1 Å². The third kappa shape index (κ3) is 4.43. The normalized spacial score (nSPS) is 11.0. The minimum atomic E-state index is -0.217. The van der Waals surface area contributed by atoms with Crippen LogP contribution in [-0.4, -0.2) is 27.5 Å². The summed E-state index contributed by atoms with van der Waals surface area (Å²) in [6, 6.07) is 17.8. The van der Waals surface area contributed by atoms with Gasteiger partial charge in [0.05, 0.1) is 5.69 Å². The second-order valence-corrected chi connectivity index (χ2v) is 7.70. The molecule has 0 bridgehead atoms. The highest BCUT2D eigenvalue weighted by Gasteiger charge is 2.12.